The highest BCUT2D eigenvalue weighted by Crippen LogP contribution is 2.28. The predicted octanol–water partition coefficient (Wildman–Crippen LogP) is 3.42. The summed E-state index contributed by atoms with van der Waals surface area (Å²) in [7, 11) is 0. The molecule has 116 valence electrons. The highest BCUT2D eigenvalue weighted by atomic mass is 16.2. The zero-order valence-corrected chi connectivity index (χ0v) is 12.9. The molecule has 0 bridgehead atoms. The molecule has 1 aromatic heterocycles. The molecule has 4 nitrogen and oxygen atoms in total. The SMILES string of the molecule is O=C(c1ccc(NC2CC=CC2)nc1)N1CCc2ccccc21. The van der Waals surface area contributed by atoms with Crippen LogP contribution in [0.1, 0.15) is 28.8 Å². The van der Waals surface area contributed by atoms with Crippen molar-refractivity contribution in [2.75, 3.05) is 16.8 Å². The van der Waals surface area contributed by atoms with Crippen LogP contribution >= 0.6 is 0 Å². The second-order valence-corrected chi connectivity index (χ2v) is 6.05. The Kier molecular flexibility index (Phi) is 3.58. The fraction of sp³-hybridized carbons (Fsp3) is 0.263. The quantitative estimate of drug-likeness (QED) is 0.884. The van der Waals surface area contributed by atoms with Gasteiger partial charge in [0, 0.05) is 24.5 Å². The second-order valence-electron chi connectivity index (χ2n) is 6.05. The number of carbonyl (C=O) groups is 1. The number of amides is 1. The lowest BCUT2D eigenvalue weighted by Gasteiger charge is -2.18. The van der Waals surface area contributed by atoms with Gasteiger partial charge in [0.15, 0.2) is 0 Å². The number of anilines is 2. The van der Waals surface area contributed by atoms with Gasteiger partial charge >= 0.3 is 0 Å². The summed E-state index contributed by atoms with van der Waals surface area (Å²) in [4.78, 5) is 19.0. The number of para-hydroxylation sites is 1. The van der Waals surface area contributed by atoms with Gasteiger partial charge in [0.05, 0.1) is 5.56 Å². The van der Waals surface area contributed by atoms with Crippen molar-refractivity contribution in [1.29, 1.82) is 0 Å². The van der Waals surface area contributed by atoms with Crippen LogP contribution in [0.2, 0.25) is 0 Å². The normalized spacial score (nSPS) is 16.6. The van der Waals surface area contributed by atoms with E-state index in [0.717, 1.165) is 37.3 Å². The second kappa shape index (κ2) is 5.88. The molecular weight excluding hydrogens is 286 g/mol. The van der Waals surface area contributed by atoms with Gasteiger partial charge < -0.3 is 10.2 Å². The average Bonchev–Trinajstić information content (AvgIpc) is 3.24. The molecule has 1 aliphatic carbocycles. The molecule has 0 fully saturated rings. The number of hydrogen-bond donors (Lipinski definition) is 1. The van der Waals surface area contributed by atoms with Gasteiger partial charge in [-0.3, -0.25) is 4.79 Å². The molecule has 1 aliphatic heterocycles. The van der Waals surface area contributed by atoms with Gasteiger partial charge in [0.2, 0.25) is 0 Å². The number of fused-ring (bicyclic) bond motifs is 1. The number of benzene rings is 1. The zero-order valence-electron chi connectivity index (χ0n) is 12.9. The molecule has 0 radical (unpaired) electrons. The van der Waals surface area contributed by atoms with Crippen LogP contribution < -0.4 is 10.2 Å². The van der Waals surface area contributed by atoms with Crippen molar-refractivity contribution in [3.05, 3.63) is 65.9 Å². The van der Waals surface area contributed by atoms with E-state index in [0.29, 0.717) is 11.6 Å². The predicted molar refractivity (Wildman–Crippen MR) is 91.8 cm³/mol. The third-order valence-electron chi connectivity index (χ3n) is 4.50. The van der Waals surface area contributed by atoms with Crippen LogP contribution in [0, 0.1) is 0 Å². The van der Waals surface area contributed by atoms with Crippen molar-refractivity contribution in [1.82, 2.24) is 4.98 Å². The Morgan fingerprint density at radius 1 is 1.13 bits per heavy atom. The molecule has 0 spiro atoms. The van der Waals surface area contributed by atoms with E-state index in [9.17, 15) is 4.79 Å². The van der Waals surface area contributed by atoms with E-state index in [1.807, 2.05) is 35.2 Å². The van der Waals surface area contributed by atoms with Gasteiger partial charge in [-0.05, 0) is 43.0 Å². The molecule has 0 saturated carbocycles. The van der Waals surface area contributed by atoms with E-state index in [4.69, 9.17) is 0 Å². The van der Waals surface area contributed by atoms with Gasteiger partial charge in [-0.1, -0.05) is 30.4 Å². The van der Waals surface area contributed by atoms with Crippen molar-refractivity contribution < 1.29 is 4.79 Å². The number of rotatable bonds is 3. The minimum atomic E-state index is 0.0246. The lowest BCUT2D eigenvalue weighted by atomic mass is 10.2. The van der Waals surface area contributed by atoms with Crippen LogP contribution in [-0.2, 0) is 6.42 Å². The van der Waals surface area contributed by atoms with Gasteiger partial charge in [-0.2, -0.15) is 0 Å². The van der Waals surface area contributed by atoms with Crippen molar-refractivity contribution >= 4 is 17.4 Å². The molecule has 2 aliphatic rings. The molecule has 0 unspecified atom stereocenters. The topological polar surface area (TPSA) is 45.2 Å². The maximum atomic E-state index is 12.7. The Balaban J connectivity index is 1.49. The third-order valence-corrected chi connectivity index (χ3v) is 4.50. The van der Waals surface area contributed by atoms with E-state index in [-0.39, 0.29) is 5.91 Å². The first-order chi connectivity index (χ1) is 11.3. The summed E-state index contributed by atoms with van der Waals surface area (Å²) in [5.74, 6) is 0.855. The highest BCUT2D eigenvalue weighted by Gasteiger charge is 2.25. The van der Waals surface area contributed by atoms with Crippen molar-refractivity contribution in [3.63, 3.8) is 0 Å². The summed E-state index contributed by atoms with van der Waals surface area (Å²) in [5.41, 5.74) is 2.90. The number of nitrogens with zero attached hydrogens (tertiary/aromatic N) is 2. The maximum Gasteiger partial charge on any atom is 0.259 e. The summed E-state index contributed by atoms with van der Waals surface area (Å²) in [6.07, 6.45) is 9.03. The summed E-state index contributed by atoms with van der Waals surface area (Å²) in [5, 5.41) is 3.39. The van der Waals surface area contributed by atoms with Gasteiger partial charge in [0.1, 0.15) is 5.82 Å². The molecule has 1 N–H and O–H groups in total. The molecule has 4 heteroatoms. The Morgan fingerprint density at radius 3 is 2.74 bits per heavy atom. The van der Waals surface area contributed by atoms with Crippen LogP contribution in [0.25, 0.3) is 0 Å². The van der Waals surface area contributed by atoms with Crippen LogP contribution in [0.5, 0.6) is 0 Å². The Hall–Kier alpha value is -2.62. The first kappa shape index (κ1) is 14.0. The van der Waals surface area contributed by atoms with Crippen LogP contribution in [0.3, 0.4) is 0 Å². The van der Waals surface area contributed by atoms with E-state index in [1.165, 1.54) is 5.56 Å². The van der Waals surface area contributed by atoms with E-state index < -0.39 is 0 Å². The van der Waals surface area contributed by atoms with Crippen LogP contribution in [-0.4, -0.2) is 23.5 Å². The van der Waals surface area contributed by atoms with Gasteiger partial charge in [0.25, 0.3) is 5.91 Å². The van der Waals surface area contributed by atoms with E-state index in [1.54, 1.807) is 6.20 Å². The molecule has 0 atom stereocenters. The highest BCUT2D eigenvalue weighted by molar-refractivity contribution is 6.07. The first-order valence-electron chi connectivity index (χ1n) is 8.08. The third kappa shape index (κ3) is 2.72. The Bertz CT molecular complexity index is 743. The van der Waals surface area contributed by atoms with E-state index in [2.05, 4.69) is 28.5 Å². The number of pyridine rings is 1. The molecule has 2 heterocycles. The average molecular weight is 305 g/mol. The lowest BCUT2D eigenvalue weighted by Crippen LogP contribution is -2.29. The van der Waals surface area contributed by atoms with Crippen LogP contribution in [0.15, 0.2) is 54.7 Å². The largest absolute Gasteiger partial charge is 0.367 e. The number of aromatic nitrogens is 1. The first-order valence-corrected chi connectivity index (χ1v) is 8.08. The molecular formula is C19H19N3O. The maximum absolute atomic E-state index is 12.7. The molecule has 4 rings (SSSR count). The standard InChI is InChI=1S/C19H19N3O/c23-19(22-12-11-14-5-1-4-8-17(14)22)15-9-10-18(20-13-15)21-16-6-2-3-7-16/h1-5,8-10,13,16H,6-7,11-12H2,(H,20,21). The minimum absolute atomic E-state index is 0.0246. The summed E-state index contributed by atoms with van der Waals surface area (Å²) in [6.45, 7) is 0.742. The fourth-order valence-corrected chi connectivity index (χ4v) is 3.25. The van der Waals surface area contributed by atoms with Gasteiger partial charge in [-0.25, -0.2) is 4.98 Å². The smallest absolute Gasteiger partial charge is 0.259 e. The molecule has 1 aromatic carbocycles. The number of carbonyl (C=O) groups excluding carboxylic acids is 1. The summed E-state index contributed by atoms with van der Waals surface area (Å²) < 4.78 is 0. The van der Waals surface area contributed by atoms with Gasteiger partial charge in [-0.15, -0.1) is 0 Å². The molecule has 1 amide bonds. The number of hydrogen-bond acceptors (Lipinski definition) is 3. The summed E-state index contributed by atoms with van der Waals surface area (Å²) >= 11 is 0. The molecule has 0 saturated heterocycles. The fourth-order valence-electron chi connectivity index (χ4n) is 3.25. The number of nitrogens with one attached hydrogen (secondary N) is 1. The van der Waals surface area contributed by atoms with E-state index >= 15 is 0 Å². The lowest BCUT2D eigenvalue weighted by molar-refractivity contribution is 0.0989. The Morgan fingerprint density at radius 2 is 1.96 bits per heavy atom. The monoisotopic (exact) mass is 305 g/mol. The van der Waals surface area contributed by atoms with Crippen molar-refractivity contribution in [3.8, 4) is 0 Å². The molecule has 2 aromatic rings. The van der Waals surface area contributed by atoms with Crippen LogP contribution in [0.4, 0.5) is 11.5 Å². The minimum Gasteiger partial charge on any atom is -0.367 e. The Labute approximate surface area is 135 Å². The van der Waals surface area contributed by atoms with Crippen molar-refractivity contribution in [2.45, 2.75) is 25.3 Å². The van der Waals surface area contributed by atoms with Crippen molar-refractivity contribution in [2.24, 2.45) is 0 Å². The summed E-state index contributed by atoms with van der Waals surface area (Å²) in [6, 6.07) is 12.3. The molecule has 23 heavy (non-hydrogen) atoms. The zero-order chi connectivity index (χ0) is 15.6.